The first kappa shape index (κ1) is 9.52. The van der Waals surface area contributed by atoms with E-state index < -0.39 is 0 Å². The van der Waals surface area contributed by atoms with Gasteiger partial charge in [-0.2, -0.15) is 0 Å². The maximum atomic E-state index is 7.50. The van der Waals surface area contributed by atoms with Gasteiger partial charge in [0.15, 0.2) is 0 Å². The molecule has 0 aromatic rings. The first-order chi connectivity index (χ1) is 3.41. The zero-order chi connectivity index (χ0) is 6.12. The summed E-state index contributed by atoms with van der Waals surface area (Å²) in [7, 11) is 0. The molecule has 0 spiro atoms. The van der Waals surface area contributed by atoms with Crippen molar-refractivity contribution in [2.45, 2.75) is 6.42 Å². The average molecular weight is 96.1 g/mol. The molecule has 0 fully saturated rings. The van der Waals surface area contributed by atoms with Gasteiger partial charge in [-0.25, -0.2) is 0 Å². The summed E-state index contributed by atoms with van der Waals surface area (Å²) in [5.74, 6) is 0. The van der Waals surface area contributed by atoms with Crippen LogP contribution in [0.2, 0.25) is 0 Å². The summed E-state index contributed by atoms with van der Waals surface area (Å²) >= 11 is 0. The van der Waals surface area contributed by atoms with E-state index in [0.717, 1.165) is 6.42 Å². The molecular weight excluding hydrogens is 88.1 g/mol. The number of hydrogen-bond donors (Lipinski definition) is 0. The van der Waals surface area contributed by atoms with E-state index in [1.165, 1.54) is 0 Å². The van der Waals surface area contributed by atoms with Crippen molar-refractivity contribution in [3.63, 3.8) is 0 Å². The van der Waals surface area contributed by atoms with Crippen LogP contribution >= 0.6 is 0 Å². The van der Waals surface area contributed by atoms with E-state index in [9.17, 15) is 0 Å². The number of hydrogen-bond acceptors (Lipinski definition) is 0. The second-order valence-corrected chi connectivity index (χ2v) is 0.813. The van der Waals surface area contributed by atoms with E-state index >= 15 is 0 Å². The molecule has 0 N–H and O–H groups in total. The molecule has 0 saturated heterocycles. The van der Waals surface area contributed by atoms with Crippen LogP contribution in [0.25, 0.3) is 0 Å². The molecule has 0 rings (SSSR count). The maximum absolute atomic E-state index is 7.50. The molecule has 0 amide bonds. The molecule has 1 nitrogen and oxygen atoms in total. The van der Waals surface area contributed by atoms with Crippen molar-refractivity contribution in [1.29, 1.82) is 0 Å². The molecule has 0 heterocycles. The molecule has 0 aromatic heterocycles. The summed E-state index contributed by atoms with van der Waals surface area (Å²) in [6.07, 6.45) is 4.54. The normalized spacial score (nSPS) is 4.86. The Kier molecular flexibility index (Phi) is 25.6. The molecule has 0 atom stereocenters. The van der Waals surface area contributed by atoms with Crippen molar-refractivity contribution in [2.75, 3.05) is 0 Å². The van der Waals surface area contributed by atoms with Gasteiger partial charge < -0.3 is 0 Å². The van der Waals surface area contributed by atoms with Crippen molar-refractivity contribution in [2.24, 2.45) is 0 Å². The Hall–Kier alpha value is -0.780. The topological polar surface area (TPSA) is 19.9 Å². The van der Waals surface area contributed by atoms with Gasteiger partial charge in [0.1, 0.15) is 0 Å². The quantitative estimate of drug-likeness (QED) is 0.283. The van der Waals surface area contributed by atoms with Gasteiger partial charge in [0.2, 0.25) is 0 Å². The molecular formula is C6H8O. The van der Waals surface area contributed by atoms with Crippen LogP contribution in [0.15, 0.2) is 25.3 Å². The molecule has 0 aromatic carbocycles. The number of rotatable bonds is 2. The Morgan fingerprint density at radius 2 is 1.57 bits per heavy atom. The van der Waals surface area contributed by atoms with Gasteiger partial charge in [-0.3, -0.25) is 0 Å². The van der Waals surface area contributed by atoms with Crippen LogP contribution in [0, 0.1) is 6.65 Å². The van der Waals surface area contributed by atoms with Crippen molar-refractivity contribution in [3.05, 3.63) is 32.0 Å². The zero-order valence-electron chi connectivity index (χ0n) is 4.18. The van der Waals surface area contributed by atoms with E-state index in [1.54, 1.807) is 0 Å². The SMILES string of the molecule is C=CCC=C.[C-]#[O+]. The molecule has 0 bridgehead atoms. The average Bonchev–Trinajstić information content (AvgIpc) is 1.75. The number of allylic oxidation sites excluding steroid dienone is 2. The fraction of sp³-hybridized carbons (Fsp3) is 0.167. The Balaban J connectivity index is 0. The van der Waals surface area contributed by atoms with Crippen LogP contribution < -0.4 is 0 Å². The molecule has 7 heavy (non-hydrogen) atoms. The van der Waals surface area contributed by atoms with Crippen LogP contribution in [0.5, 0.6) is 0 Å². The first-order valence-corrected chi connectivity index (χ1v) is 1.84. The van der Waals surface area contributed by atoms with E-state index in [-0.39, 0.29) is 0 Å². The second kappa shape index (κ2) is 18.9. The second-order valence-electron chi connectivity index (χ2n) is 0.813. The fourth-order valence-electron chi connectivity index (χ4n) is 0.118. The van der Waals surface area contributed by atoms with Gasteiger partial charge in [-0.15, -0.1) is 13.2 Å². The molecule has 0 aliphatic carbocycles. The van der Waals surface area contributed by atoms with Gasteiger partial charge in [-0.1, -0.05) is 12.2 Å². The van der Waals surface area contributed by atoms with E-state index in [4.69, 9.17) is 4.65 Å². The van der Waals surface area contributed by atoms with Crippen LogP contribution in [-0.4, -0.2) is 0 Å². The summed E-state index contributed by atoms with van der Waals surface area (Å²) in [6.45, 7) is 11.5. The molecule has 0 radical (unpaired) electrons. The van der Waals surface area contributed by atoms with Crippen molar-refractivity contribution in [3.8, 4) is 0 Å². The van der Waals surface area contributed by atoms with Crippen LogP contribution in [0.3, 0.4) is 0 Å². The third kappa shape index (κ3) is 36.4. The first-order valence-electron chi connectivity index (χ1n) is 1.84. The molecule has 0 aliphatic heterocycles. The molecule has 0 saturated carbocycles. The van der Waals surface area contributed by atoms with Crippen LogP contribution in [0.4, 0.5) is 0 Å². The predicted molar refractivity (Wildman–Crippen MR) is 28.9 cm³/mol. The summed E-state index contributed by atoms with van der Waals surface area (Å²) in [5, 5.41) is 0. The monoisotopic (exact) mass is 96.1 g/mol. The third-order valence-electron chi connectivity index (χ3n) is 0.333. The van der Waals surface area contributed by atoms with E-state index in [1.807, 2.05) is 12.2 Å². The van der Waals surface area contributed by atoms with Crippen molar-refractivity contribution >= 4 is 0 Å². The van der Waals surface area contributed by atoms with Crippen LogP contribution in [-0.2, 0) is 4.65 Å². The third-order valence-corrected chi connectivity index (χ3v) is 0.333. The van der Waals surface area contributed by atoms with Crippen molar-refractivity contribution in [1.82, 2.24) is 0 Å². The summed E-state index contributed by atoms with van der Waals surface area (Å²) < 4.78 is 7.50. The minimum atomic E-state index is 0.917. The Labute approximate surface area is 44.1 Å². The zero-order valence-corrected chi connectivity index (χ0v) is 4.18. The molecule has 38 valence electrons. The van der Waals surface area contributed by atoms with Gasteiger partial charge in [0.25, 0.3) is 0 Å². The Bertz CT molecular complexity index is 55.8. The predicted octanol–water partition coefficient (Wildman–Crippen LogP) is 1.71. The van der Waals surface area contributed by atoms with Gasteiger partial charge in [-0.05, 0) is 6.42 Å². The Morgan fingerprint density at radius 1 is 1.29 bits per heavy atom. The summed E-state index contributed by atoms with van der Waals surface area (Å²) in [4.78, 5) is 0. The standard InChI is InChI=1S/C5H8.CO/c1-3-5-4-2;1-2/h3-4H,1-2,5H2;. The van der Waals surface area contributed by atoms with Crippen LogP contribution in [0.1, 0.15) is 6.42 Å². The van der Waals surface area contributed by atoms with Crippen molar-refractivity contribution < 1.29 is 4.65 Å². The summed E-state index contributed by atoms with van der Waals surface area (Å²) in [5.41, 5.74) is 0. The van der Waals surface area contributed by atoms with Gasteiger partial charge >= 0.3 is 11.3 Å². The molecule has 1 heteroatoms. The van der Waals surface area contributed by atoms with E-state index in [2.05, 4.69) is 19.8 Å². The summed E-state index contributed by atoms with van der Waals surface area (Å²) in [6, 6.07) is 0. The molecule has 0 aliphatic rings. The Morgan fingerprint density at radius 3 is 1.57 bits per heavy atom. The van der Waals surface area contributed by atoms with Gasteiger partial charge in [0, 0.05) is 0 Å². The molecule has 0 unspecified atom stereocenters. The van der Waals surface area contributed by atoms with E-state index in [0.29, 0.717) is 0 Å². The van der Waals surface area contributed by atoms with Gasteiger partial charge in [0.05, 0.1) is 0 Å². The fourth-order valence-corrected chi connectivity index (χ4v) is 0.118. The minimum absolute atomic E-state index is 0.917.